The van der Waals surface area contributed by atoms with Gasteiger partial charge in [-0.15, -0.1) is 0 Å². The van der Waals surface area contributed by atoms with Crippen molar-refractivity contribution in [3.63, 3.8) is 0 Å². The Morgan fingerprint density at radius 3 is 1.34 bits per heavy atom. The third-order valence-electron chi connectivity index (χ3n) is 6.60. The lowest BCUT2D eigenvalue weighted by Crippen LogP contribution is -2.28. The summed E-state index contributed by atoms with van der Waals surface area (Å²) >= 11 is 3.17. The first-order chi connectivity index (χ1) is 20.6. The number of likely N-dealkylation sites (N-methyl/N-ethyl adjacent to an activating group) is 2. The van der Waals surface area contributed by atoms with Crippen molar-refractivity contribution >= 4 is 55.7 Å². The van der Waals surface area contributed by atoms with Gasteiger partial charge < -0.3 is 19.3 Å². The van der Waals surface area contributed by atoms with Crippen LogP contribution in [0.4, 0.5) is 33.0 Å². The zero-order valence-corrected chi connectivity index (χ0v) is 26.4. The fourth-order valence-corrected chi connectivity index (χ4v) is 5.45. The molecule has 0 aliphatic heterocycles. The molecule has 10 nitrogen and oxygen atoms in total. The summed E-state index contributed by atoms with van der Waals surface area (Å²) < 4.78 is 15.7. The van der Waals surface area contributed by atoms with Gasteiger partial charge in [-0.2, -0.15) is 0 Å². The van der Waals surface area contributed by atoms with Crippen molar-refractivity contribution in [1.29, 1.82) is 0 Å². The molecule has 4 rings (SSSR count). The summed E-state index contributed by atoms with van der Waals surface area (Å²) in [6.07, 6.45) is 4.04. The number of thiazole rings is 2. The van der Waals surface area contributed by atoms with Crippen LogP contribution < -0.4 is 18.9 Å². The van der Waals surface area contributed by atoms with E-state index in [-0.39, 0.29) is 14.9 Å². The maximum absolute atomic E-state index is 5.79. The Bertz CT molecular complexity index is 1300. The minimum Gasteiger partial charge on any atom is -0.377 e. The average Bonchev–Trinajstić information content (AvgIpc) is 3.69. The Morgan fingerprint density at radius 1 is 0.591 bits per heavy atom. The van der Waals surface area contributed by atoms with Gasteiger partial charge >= 0.3 is 10.3 Å². The molecular weight excluding hydrogens is 593 g/mol. The van der Waals surface area contributed by atoms with Gasteiger partial charge in [0.1, 0.15) is 23.8 Å². The van der Waals surface area contributed by atoms with Crippen LogP contribution in [0.5, 0.6) is 0 Å². The molecule has 0 aliphatic carbocycles. The van der Waals surface area contributed by atoms with Crippen molar-refractivity contribution in [2.75, 3.05) is 63.4 Å². The van der Waals surface area contributed by atoms with Gasteiger partial charge in [-0.05, 0) is 95.3 Å². The molecule has 4 aromatic rings. The highest BCUT2D eigenvalue weighted by Crippen LogP contribution is 2.23. The second-order valence-electron chi connectivity index (χ2n) is 9.44. The summed E-state index contributed by atoms with van der Waals surface area (Å²) in [6, 6.07) is 16.2. The van der Waals surface area contributed by atoms with Crippen LogP contribution in [0.1, 0.15) is 28.7 Å². The van der Waals surface area contributed by atoms with Crippen LogP contribution in [-0.2, 0) is 22.6 Å². The number of ether oxygens (including phenoxy) is 2. The van der Waals surface area contributed by atoms with Gasteiger partial charge in [0.05, 0.1) is 49.7 Å². The van der Waals surface area contributed by atoms with Gasteiger partial charge in [0.15, 0.2) is 0 Å². The number of aryl methyl sites for hydroxylation is 2. The van der Waals surface area contributed by atoms with Crippen LogP contribution in [0.15, 0.2) is 92.1 Å². The van der Waals surface area contributed by atoms with Crippen molar-refractivity contribution in [2.24, 2.45) is 20.5 Å². The first-order valence-electron chi connectivity index (χ1n) is 14.1. The fraction of sp³-hybridized carbons (Fsp3) is 0.438. The third kappa shape index (κ3) is 11.2. The van der Waals surface area contributed by atoms with E-state index in [2.05, 4.69) is 91.6 Å². The molecule has 0 atom stereocenters. The highest BCUT2D eigenvalue weighted by atomic mass is 32.1. The molecular formula is C32H48N8O2S2+2. The lowest BCUT2D eigenvalue weighted by molar-refractivity contribution is -0.677. The highest BCUT2D eigenvalue weighted by molar-refractivity contribution is 7.13. The van der Waals surface area contributed by atoms with Crippen molar-refractivity contribution in [1.82, 2.24) is 0 Å². The van der Waals surface area contributed by atoms with E-state index in [1.165, 1.54) is 0 Å². The Labute approximate surface area is 271 Å². The molecule has 0 N–H and O–H groups in total. The average molecular weight is 641 g/mol. The molecule has 0 saturated carbocycles. The van der Waals surface area contributed by atoms with Gasteiger partial charge in [-0.25, -0.2) is 9.13 Å². The van der Waals surface area contributed by atoms with Crippen LogP contribution in [0.2, 0.25) is 0 Å². The van der Waals surface area contributed by atoms with E-state index in [0.29, 0.717) is 26.4 Å². The number of azo groups is 2. The van der Waals surface area contributed by atoms with E-state index in [4.69, 9.17) is 9.47 Å². The zero-order chi connectivity index (χ0) is 29.6. The Morgan fingerprint density at radius 2 is 0.977 bits per heavy atom. The number of rotatable bonds is 17. The van der Waals surface area contributed by atoms with Crippen LogP contribution in [0.25, 0.3) is 0 Å². The summed E-state index contributed by atoms with van der Waals surface area (Å²) in [4.78, 5) is 4.33. The summed E-state index contributed by atoms with van der Waals surface area (Å²) in [6.45, 7) is 9.93. The zero-order valence-electron chi connectivity index (χ0n) is 24.8. The Hall–Kier alpha value is -3.58. The van der Waals surface area contributed by atoms with Crippen molar-refractivity contribution in [3.05, 3.63) is 71.7 Å². The number of benzene rings is 2. The molecule has 12 heteroatoms. The number of anilines is 2. The topological polar surface area (TPSA) is 82.1 Å². The molecule has 0 fully saturated rings. The van der Waals surface area contributed by atoms with E-state index in [0.717, 1.165) is 59.2 Å². The highest BCUT2D eigenvalue weighted by Gasteiger charge is 2.11. The van der Waals surface area contributed by atoms with E-state index < -0.39 is 0 Å². The summed E-state index contributed by atoms with van der Waals surface area (Å²) in [5.41, 5.74) is 3.89. The van der Waals surface area contributed by atoms with Crippen LogP contribution in [0, 0.1) is 0 Å². The molecule has 2 heterocycles. The van der Waals surface area contributed by atoms with Gasteiger partial charge in [0.2, 0.25) is 0 Å². The van der Waals surface area contributed by atoms with E-state index in [1.54, 1.807) is 22.7 Å². The second kappa shape index (κ2) is 19.6. The molecule has 2 aromatic heterocycles. The predicted molar refractivity (Wildman–Crippen MR) is 183 cm³/mol. The SMILES string of the molecule is C.C.CC[n+]1ccsc1N=Nc1ccc(N(C)CCOCCOCCN(C)c2ccc(N=Nc3scc[n+]3CC)cc2)cc1. The quantitative estimate of drug-likeness (QED) is 0.0663. The lowest BCUT2D eigenvalue weighted by atomic mass is 10.2. The fourth-order valence-electron chi connectivity index (χ4n) is 3.97. The molecule has 2 aromatic carbocycles. The molecule has 0 amide bonds. The normalized spacial score (nSPS) is 11.1. The minimum absolute atomic E-state index is 0. The molecule has 0 radical (unpaired) electrons. The van der Waals surface area contributed by atoms with E-state index in [9.17, 15) is 0 Å². The summed E-state index contributed by atoms with van der Waals surface area (Å²) in [5.74, 6) is 0. The maximum atomic E-state index is 5.79. The lowest BCUT2D eigenvalue weighted by Gasteiger charge is -2.20. The Kier molecular flexibility index (Phi) is 16.3. The van der Waals surface area contributed by atoms with Gasteiger partial charge in [-0.3, -0.25) is 0 Å². The largest absolute Gasteiger partial charge is 0.408 e. The predicted octanol–water partition coefficient (Wildman–Crippen LogP) is 8.13. The van der Waals surface area contributed by atoms with Crippen LogP contribution in [-0.4, -0.2) is 53.6 Å². The second-order valence-corrected chi connectivity index (χ2v) is 11.2. The third-order valence-corrected chi connectivity index (χ3v) is 8.17. The smallest absolute Gasteiger partial charge is 0.377 e. The minimum atomic E-state index is 0. The molecule has 0 unspecified atom stereocenters. The Balaban J connectivity index is 0.00000337. The number of aromatic nitrogens is 2. The van der Waals surface area contributed by atoms with Gasteiger partial charge in [0.25, 0.3) is 0 Å². The first kappa shape index (κ1) is 36.6. The van der Waals surface area contributed by atoms with Gasteiger partial charge in [-0.1, -0.05) is 14.9 Å². The van der Waals surface area contributed by atoms with E-state index in [1.807, 2.05) is 47.4 Å². The molecule has 44 heavy (non-hydrogen) atoms. The summed E-state index contributed by atoms with van der Waals surface area (Å²) in [7, 11) is 4.12. The van der Waals surface area contributed by atoms with Crippen LogP contribution in [0.3, 0.4) is 0 Å². The molecule has 238 valence electrons. The summed E-state index contributed by atoms with van der Waals surface area (Å²) in [5, 5.41) is 23.3. The molecule has 0 aliphatic rings. The standard InChI is InChI=1S/C30H40N8O2S2.2CH4/c1-5-37-17-23-41-29(37)33-31-25-7-11-27(12-8-25)35(3)15-19-39-21-22-40-20-16-36(4)28-13-9-26(10-14-28)32-34-30-38(6-2)18-24-42-30;;/h7-14,17-18,23-24H,5-6,15-16,19-22H2,1-4H3;2*1H4/q+2;;. The number of hydrogen-bond acceptors (Lipinski definition) is 10. The monoisotopic (exact) mass is 640 g/mol. The number of nitrogens with zero attached hydrogens (tertiary/aromatic N) is 8. The van der Waals surface area contributed by atoms with Crippen molar-refractivity contribution in [2.45, 2.75) is 41.8 Å². The molecule has 0 bridgehead atoms. The van der Waals surface area contributed by atoms with Crippen molar-refractivity contribution < 1.29 is 18.6 Å². The molecule has 0 spiro atoms. The van der Waals surface area contributed by atoms with Crippen molar-refractivity contribution in [3.8, 4) is 0 Å². The van der Waals surface area contributed by atoms with Crippen LogP contribution >= 0.6 is 22.7 Å². The first-order valence-corrected chi connectivity index (χ1v) is 15.9. The molecule has 0 saturated heterocycles. The van der Waals surface area contributed by atoms with Gasteiger partial charge in [0, 0.05) is 49.3 Å². The number of hydrogen-bond donors (Lipinski definition) is 0. The maximum Gasteiger partial charge on any atom is 0.408 e. The van der Waals surface area contributed by atoms with E-state index >= 15 is 0 Å².